The number of benzene rings is 1. The van der Waals surface area contributed by atoms with Gasteiger partial charge in [-0.15, -0.1) is 0 Å². The number of phenols is 1. The van der Waals surface area contributed by atoms with E-state index in [-0.39, 0.29) is 17.4 Å². The van der Waals surface area contributed by atoms with Crippen LogP contribution in [0.4, 0.5) is 0 Å². The number of ether oxygens (including phenoxy) is 1. The van der Waals surface area contributed by atoms with E-state index in [1.165, 1.54) is 6.07 Å². The van der Waals surface area contributed by atoms with Gasteiger partial charge in [0.25, 0.3) is 0 Å². The Morgan fingerprint density at radius 2 is 2.36 bits per heavy atom. The molecule has 1 aromatic carbocycles. The van der Waals surface area contributed by atoms with E-state index in [4.69, 9.17) is 15.7 Å². The molecule has 4 heteroatoms. The van der Waals surface area contributed by atoms with Gasteiger partial charge in [-0.1, -0.05) is 6.07 Å². The second-order valence-electron chi connectivity index (χ2n) is 2.95. The van der Waals surface area contributed by atoms with Crippen molar-refractivity contribution in [3.8, 4) is 11.8 Å². The van der Waals surface area contributed by atoms with Crippen LogP contribution in [0.15, 0.2) is 18.2 Å². The number of hydrogen-bond donors (Lipinski definition) is 2. The van der Waals surface area contributed by atoms with Crippen molar-refractivity contribution < 1.29 is 9.84 Å². The lowest BCUT2D eigenvalue weighted by Gasteiger charge is -2.11. The number of nitrogens with two attached hydrogens (primary N) is 1. The average Bonchev–Trinajstić information content (AvgIpc) is 2.19. The van der Waals surface area contributed by atoms with E-state index >= 15 is 0 Å². The van der Waals surface area contributed by atoms with Crippen LogP contribution in [0.25, 0.3) is 0 Å². The van der Waals surface area contributed by atoms with Gasteiger partial charge < -0.3 is 15.6 Å². The van der Waals surface area contributed by atoms with Crippen molar-refractivity contribution in [3.05, 3.63) is 29.3 Å². The Kier molecular flexibility index (Phi) is 3.46. The molecule has 0 saturated heterocycles. The molecule has 0 aliphatic rings. The second-order valence-corrected chi connectivity index (χ2v) is 2.95. The quantitative estimate of drug-likeness (QED) is 0.746. The number of methoxy groups -OCH3 is 1. The molecule has 14 heavy (non-hydrogen) atoms. The highest BCUT2D eigenvalue weighted by atomic mass is 16.5. The summed E-state index contributed by atoms with van der Waals surface area (Å²) in [5, 5.41) is 17.9. The van der Waals surface area contributed by atoms with Crippen molar-refractivity contribution in [1.29, 1.82) is 5.26 Å². The highest BCUT2D eigenvalue weighted by molar-refractivity contribution is 5.45. The highest BCUT2D eigenvalue weighted by Crippen LogP contribution is 2.20. The lowest BCUT2D eigenvalue weighted by atomic mass is 10.0. The molecule has 0 spiro atoms. The first-order valence-corrected chi connectivity index (χ1v) is 4.16. The van der Waals surface area contributed by atoms with Gasteiger partial charge in [0.15, 0.2) is 0 Å². The van der Waals surface area contributed by atoms with Crippen LogP contribution in [-0.4, -0.2) is 18.8 Å². The highest BCUT2D eigenvalue weighted by Gasteiger charge is 2.08. The molecule has 1 aromatic rings. The van der Waals surface area contributed by atoms with Gasteiger partial charge in [0.1, 0.15) is 11.8 Å². The fourth-order valence-electron chi connectivity index (χ4n) is 1.15. The van der Waals surface area contributed by atoms with Crippen LogP contribution in [-0.2, 0) is 4.74 Å². The maximum Gasteiger partial charge on any atom is 0.133 e. The van der Waals surface area contributed by atoms with Crippen LogP contribution in [0.2, 0.25) is 0 Å². The maximum absolute atomic E-state index is 9.25. The van der Waals surface area contributed by atoms with Gasteiger partial charge in [0.05, 0.1) is 18.2 Å². The van der Waals surface area contributed by atoms with E-state index in [1.54, 1.807) is 19.2 Å². The van der Waals surface area contributed by atoms with Crippen molar-refractivity contribution in [2.45, 2.75) is 6.04 Å². The van der Waals surface area contributed by atoms with Gasteiger partial charge in [-0.3, -0.25) is 0 Å². The zero-order chi connectivity index (χ0) is 10.6. The standard InChI is InChI=1S/C10H12N2O2/c1-14-6-9(12)7-2-3-10(13)8(4-7)5-11/h2-4,9,13H,6,12H2,1H3/t9-/m1/s1. The normalized spacial score (nSPS) is 12.1. The molecule has 1 rings (SSSR count). The molecule has 3 N–H and O–H groups in total. The fraction of sp³-hybridized carbons (Fsp3) is 0.300. The molecule has 0 radical (unpaired) electrons. The molecule has 0 aliphatic heterocycles. The van der Waals surface area contributed by atoms with Crippen LogP contribution in [0.5, 0.6) is 5.75 Å². The molecule has 0 aromatic heterocycles. The van der Waals surface area contributed by atoms with E-state index in [0.717, 1.165) is 5.56 Å². The summed E-state index contributed by atoms with van der Waals surface area (Å²) in [7, 11) is 1.56. The predicted octanol–water partition coefficient (Wildman–Crippen LogP) is 0.910. The third-order valence-electron chi connectivity index (χ3n) is 1.92. The molecule has 0 unspecified atom stereocenters. The Labute approximate surface area is 82.5 Å². The smallest absolute Gasteiger partial charge is 0.133 e. The van der Waals surface area contributed by atoms with Crippen LogP contribution < -0.4 is 5.73 Å². The number of rotatable bonds is 3. The van der Waals surface area contributed by atoms with E-state index in [0.29, 0.717) is 6.61 Å². The lowest BCUT2D eigenvalue weighted by molar-refractivity contribution is 0.181. The van der Waals surface area contributed by atoms with E-state index in [9.17, 15) is 5.11 Å². The molecule has 1 atom stereocenters. The minimum absolute atomic E-state index is 0.0270. The molecule has 0 aliphatic carbocycles. The van der Waals surface area contributed by atoms with Crippen molar-refractivity contribution in [2.75, 3.05) is 13.7 Å². The Balaban J connectivity index is 2.95. The second kappa shape index (κ2) is 4.61. The van der Waals surface area contributed by atoms with Crippen LogP contribution >= 0.6 is 0 Å². The molecular formula is C10H12N2O2. The number of phenolic OH excluding ortho intramolecular Hbond substituents is 1. The first-order chi connectivity index (χ1) is 6.69. The third-order valence-corrected chi connectivity index (χ3v) is 1.92. The average molecular weight is 192 g/mol. The van der Waals surface area contributed by atoms with Gasteiger partial charge in [-0.25, -0.2) is 0 Å². The fourth-order valence-corrected chi connectivity index (χ4v) is 1.15. The SMILES string of the molecule is COC[C@@H](N)c1ccc(O)c(C#N)c1. The van der Waals surface area contributed by atoms with Crippen molar-refractivity contribution in [2.24, 2.45) is 5.73 Å². The van der Waals surface area contributed by atoms with Crippen LogP contribution in [0.1, 0.15) is 17.2 Å². The summed E-state index contributed by atoms with van der Waals surface area (Å²) in [6.07, 6.45) is 0. The van der Waals surface area contributed by atoms with E-state index < -0.39 is 0 Å². The Bertz CT molecular complexity index is 358. The summed E-state index contributed by atoms with van der Waals surface area (Å²) < 4.78 is 4.89. The Hall–Kier alpha value is -1.57. The van der Waals surface area contributed by atoms with Gasteiger partial charge in [0.2, 0.25) is 0 Å². The molecule has 74 valence electrons. The summed E-state index contributed by atoms with van der Waals surface area (Å²) in [6.45, 7) is 0.385. The molecule has 4 nitrogen and oxygen atoms in total. The summed E-state index contributed by atoms with van der Waals surface area (Å²) in [6, 6.07) is 6.33. The topological polar surface area (TPSA) is 79.3 Å². The first-order valence-electron chi connectivity index (χ1n) is 4.16. The van der Waals surface area contributed by atoms with Crippen molar-refractivity contribution in [1.82, 2.24) is 0 Å². The van der Waals surface area contributed by atoms with E-state index in [1.807, 2.05) is 6.07 Å². The lowest BCUT2D eigenvalue weighted by Crippen LogP contribution is -2.16. The third kappa shape index (κ3) is 2.22. The molecule has 0 heterocycles. The minimum Gasteiger partial charge on any atom is -0.507 e. The van der Waals surface area contributed by atoms with Gasteiger partial charge in [-0.2, -0.15) is 5.26 Å². The van der Waals surface area contributed by atoms with E-state index in [2.05, 4.69) is 0 Å². The summed E-state index contributed by atoms with van der Waals surface area (Å²) in [5.41, 5.74) is 6.77. The van der Waals surface area contributed by atoms with Crippen molar-refractivity contribution in [3.63, 3.8) is 0 Å². The first kappa shape index (κ1) is 10.5. The van der Waals surface area contributed by atoms with Gasteiger partial charge in [-0.05, 0) is 17.7 Å². The summed E-state index contributed by atoms with van der Waals surface area (Å²) >= 11 is 0. The predicted molar refractivity (Wildman–Crippen MR) is 51.6 cm³/mol. The van der Waals surface area contributed by atoms with Crippen molar-refractivity contribution >= 4 is 0 Å². The molecule has 0 saturated carbocycles. The van der Waals surface area contributed by atoms with Crippen LogP contribution in [0.3, 0.4) is 0 Å². The summed E-state index contributed by atoms with van der Waals surface area (Å²) in [5.74, 6) is -0.0270. The maximum atomic E-state index is 9.25. The zero-order valence-corrected chi connectivity index (χ0v) is 7.90. The number of aromatic hydroxyl groups is 1. The van der Waals surface area contributed by atoms with Gasteiger partial charge in [0, 0.05) is 7.11 Å². The van der Waals surface area contributed by atoms with Crippen LogP contribution in [0, 0.1) is 11.3 Å². The zero-order valence-electron chi connectivity index (χ0n) is 7.90. The van der Waals surface area contributed by atoms with Gasteiger partial charge >= 0.3 is 0 Å². The molecule has 0 bridgehead atoms. The number of hydrogen-bond acceptors (Lipinski definition) is 4. The number of nitriles is 1. The molecule has 0 amide bonds. The Morgan fingerprint density at radius 1 is 1.64 bits per heavy atom. The minimum atomic E-state index is -0.271. The summed E-state index contributed by atoms with van der Waals surface area (Å²) in [4.78, 5) is 0. The molecule has 0 fully saturated rings. The molecular weight excluding hydrogens is 180 g/mol. The Morgan fingerprint density at radius 3 is 2.93 bits per heavy atom. The monoisotopic (exact) mass is 192 g/mol. The largest absolute Gasteiger partial charge is 0.507 e. The number of nitrogens with zero attached hydrogens (tertiary/aromatic N) is 1.